The topological polar surface area (TPSA) is 47.0 Å². The van der Waals surface area contributed by atoms with Gasteiger partial charge in [-0.15, -0.1) is 0 Å². The largest absolute Gasteiger partial charge is 0.486 e. The first kappa shape index (κ1) is 14.1. The van der Waals surface area contributed by atoms with Crippen molar-refractivity contribution in [2.45, 2.75) is 13.5 Å². The molecule has 0 radical (unpaired) electrons. The first-order valence-electron chi connectivity index (χ1n) is 5.81. The molecule has 0 spiro atoms. The van der Waals surface area contributed by atoms with Crippen molar-refractivity contribution in [3.63, 3.8) is 0 Å². The Bertz CT molecular complexity index is 548. The summed E-state index contributed by atoms with van der Waals surface area (Å²) in [6.45, 7) is 3.19. The van der Waals surface area contributed by atoms with Crippen LogP contribution in [0.2, 0.25) is 5.02 Å². The molecule has 0 saturated carbocycles. The average molecular weight is 343 g/mol. The van der Waals surface area contributed by atoms with Crippen molar-refractivity contribution in [3.8, 4) is 5.75 Å². The summed E-state index contributed by atoms with van der Waals surface area (Å²) in [6, 6.07) is 5.38. The van der Waals surface area contributed by atoms with Gasteiger partial charge in [-0.2, -0.15) is 0 Å². The lowest BCUT2D eigenvalue weighted by molar-refractivity contribution is 0.299. The standard InChI is InChI=1S/C13H13BrClN3O/c1-2-16-13-7-17-10(6-18-13)8-19-12-4-3-9(15)5-11(12)14/h3-7H,2,8H2,1H3,(H,16,18). The van der Waals surface area contributed by atoms with Gasteiger partial charge in [0.2, 0.25) is 0 Å². The van der Waals surface area contributed by atoms with Crippen molar-refractivity contribution in [1.29, 1.82) is 0 Å². The van der Waals surface area contributed by atoms with Crippen LogP contribution in [0, 0.1) is 0 Å². The van der Waals surface area contributed by atoms with Gasteiger partial charge < -0.3 is 10.1 Å². The lowest BCUT2D eigenvalue weighted by Crippen LogP contribution is -2.03. The highest BCUT2D eigenvalue weighted by molar-refractivity contribution is 9.10. The maximum absolute atomic E-state index is 5.87. The van der Waals surface area contributed by atoms with Crippen molar-refractivity contribution in [3.05, 3.63) is 45.8 Å². The van der Waals surface area contributed by atoms with Gasteiger partial charge in [-0.1, -0.05) is 11.6 Å². The van der Waals surface area contributed by atoms with Crippen LogP contribution in [0.5, 0.6) is 5.75 Å². The smallest absolute Gasteiger partial charge is 0.144 e. The molecule has 4 nitrogen and oxygen atoms in total. The van der Waals surface area contributed by atoms with Crippen molar-refractivity contribution >= 4 is 33.3 Å². The molecule has 19 heavy (non-hydrogen) atoms. The van der Waals surface area contributed by atoms with Crippen molar-refractivity contribution in [1.82, 2.24) is 9.97 Å². The Hall–Kier alpha value is -1.33. The van der Waals surface area contributed by atoms with E-state index in [4.69, 9.17) is 16.3 Å². The fourth-order valence-corrected chi connectivity index (χ4v) is 2.24. The minimum Gasteiger partial charge on any atom is -0.486 e. The molecule has 1 aromatic heterocycles. The Balaban J connectivity index is 1.98. The monoisotopic (exact) mass is 341 g/mol. The second kappa shape index (κ2) is 6.73. The summed E-state index contributed by atoms with van der Waals surface area (Å²) < 4.78 is 6.47. The summed E-state index contributed by atoms with van der Waals surface area (Å²) in [5, 5.41) is 3.75. The van der Waals surface area contributed by atoms with Gasteiger partial charge in [0.1, 0.15) is 18.2 Å². The number of rotatable bonds is 5. The van der Waals surface area contributed by atoms with Gasteiger partial charge in [0.05, 0.1) is 22.6 Å². The Labute approximate surface area is 125 Å². The van der Waals surface area contributed by atoms with Crippen LogP contribution in [0.4, 0.5) is 5.82 Å². The number of hydrogen-bond donors (Lipinski definition) is 1. The fourth-order valence-electron chi connectivity index (χ4n) is 1.45. The predicted octanol–water partition coefficient (Wildman–Crippen LogP) is 3.90. The number of nitrogens with zero attached hydrogens (tertiary/aromatic N) is 2. The second-order valence-corrected chi connectivity index (χ2v) is 5.08. The molecule has 0 bridgehead atoms. The lowest BCUT2D eigenvalue weighted by atomic mass is 10.3. The van der Waals surface area contributed by atoms with Crippen LogP contribution in [-0.4, -0.2) is 16.5 Å². The zero-order valence-corrected chi connectivity index (χ0v) is 12.7. The van der Waals surface area contributed by atoms with Crippen LogP contribution in [0.15, 0.2) is 35.1 Å². The molecule has 0 amide bonds. The molecule has 0 aliphatic carbocycles. The summed E-state index contributed by atoms with van der Waals surface area (Å²) in [6.07, 6.45) is 3.39. The number of nitrogens with one attached hydrogen (secondary N) is 1. The van der Waals surface area contributed by atoms with E-state index in [0.717, 1.165) is 28.3 Å². The molecule has 1 aromatic carbocycles. The molecule has 0 unspecified atom stereocenters. The number of benzene rings is 1. The maximum atomic E-state index is 5.87. The van der Waals surface area contributed by atoms with E-state index in [1.54, 1.807) is 24.5 Å². The number of halogens is 2. The summed E-state index contributed by atoms with van der Waals surface area (Å²) in [4.78, 5) is 8.50. The van der Waals surface area contributed by atoms with Gasteiger partial charge in [0.15, 0.2) is 0 Å². The predicted molar refractivity (Wildman–Crippen MR) is 79.7 cm³/mol. The Morgan fingerprint density at radius 2 is 2.16 bits per heavy atom. The number of ether oxygens (including phenoxy) is 1. The number of hydrogen-bond acceptors (Lipinski definition) is 4. The average Bonchev–Trinajstić information content (AvgIpc) is 2.40. The molecule has 0 atom stereocenters. The third-order valence-corrected chi connectivity index (χ3v) is 3.19. The molecule has 0 saturated heterocycles. The van der Waals surface area contributed by atoms with Crippen LogP contribution >= 0.6 is 27.5 Å². The third kappa shape index (κ3) is 4.08. The lowest BCUT2D eigenvalue weighted by Gasteiger charge is -2.08. The van der Waals surface area contributed by atoms with Gasteiger partial charge in [-0.25, -0.2) is 4.98 Å². The van der Waals surface area contributed by atoms with E-state index in [0.29, 0.717) is 11.6 Å². The highest BCUT2D eigenvalue weighted by Gasteiger charge is 2.03. The first-order chi connectivity index (χ1) is 9.19. The highest BCUT2D eigenvalue weighted by atomic mass is 79.9. The van der Waals surface area contributed by atoms with E-state index < -0.39 is 0 Å². The third-order valence-electron chi connectivity index (χ3n) is 2.33. The van der Waals surface area contributed by atoms with Crippen LogP contribution in [-0.2, 0) is 6.61 Å². The van der Waals surface area contributed by atoms with Crippen molar-refractivity contribution in [2.75, 3.05) is 11.9 Å². The number of anilines is 1. The first-order valence-corrected chi connectivity index (χ1v) is 6.98. The molecule has 1 N–H and O–H groups in total. The summed E-state index contributed by atoms with van der Waals surface area (Å²) in [5.41, 5.74) is 0.767. The van der Waals surface area contributed by atoms with E-state index in [1.165, 1.54) is 0 Å². The SMILES string of the molecule is CCNc1cnc(COc2ccc(Cl)cc2Br)cn1. The van der Waals surface area contributed by atoms with Crippen LogP contribution in [0.3, 0.4) is 0 Å². The quantitative estimate of drug-likeness (QED) is 0.895. The van der Waals surface area contributed by atoms with Gasteiger partial charge in [-0.3, -0.25) is 4.98 Å². The zero-order chi connectivity index (χ0) is 13.7. The Kier molecular flexibility index (Phi) is 4.99. The van der Waals surface area contributed by atoms with Gasteiger partial charge in [-0.05, 0) is 41.1 Å². The summed E-state index contributed by atoms with van der Waals surface area (Å²) in [5.74, 6) is 1.49. The minimum atomic E-state index is 0.361. The zero-order valence-electron chi connectivity index (χ0n) is 10.4. The van der Waals surface area contributed by atoms with E-state index in [9.17, 15) is 0 Å². The summed E-state index contributed by atoms with van der Waals surface area (Å²) >= 11 is 9.26. The Morgan fingerprint density at radius 3 is 2.79 bits per heavy atom. The molecule has 2 rings (SSSR count). The van der Waals surface area contributed by atoms with Crippen molar-refractivity contribution < 1.29 is 4.74 Å². The molecule has 0 aliphatic heterocycles. The maximum Gasteiger partial charge on any atom is 0.144 e. The molecule has 1 heterocycles. The van der Waals surface area contributed by atoms with Gasteiger partial charge in [0, 0.05) is 11.6 Å². The molecule has 0 fully saturated rings. The number of aromatic nitrogens is 2. The second-order valence-electron chi connectivity index (χ2n) is 3.79. The van der Waals surface area contributed by atoms with Crippen molar-refractivity contribution in [2.24, 2.45) is 0 Å². The minimum absolute atomic E-state index is 0.361. The van der Waals surface area contributed by atoms with E-state index in [1.807, 2.05) is 13.0 Å². The van der Waals surface area contributed by atoms with Crippen LogP contribution in [0.25, 0.3) is 0 Å². The molecule has 2 aromatic rings. The molecule has 0 aliphatic rings. The highest BCUT2D eigenvalue weighted by Crippen LogP contribution is 2.28. The fraction of sp³-hybridized carbons (Fsp3) is 0.231. The molecule has 100 valence electrons. The molecule has 6 heteroatoms. The molecular weight excluding hydrogens is 330 g/mol. The van der Waals surface area contributed by atoms with E-state index in [2.05, 4.69) is 31.2 Å². The van der Waals surface area contributed by atoms with E-state index >= 15 is 0 Å². The Morgan fingerprint density at radius 1 is 1.32 bits per heavy atom. The summed E-state index contributed by atoms with van der Waals surface area (Å²) in [7, 11) is 0. The van der Waals surface area contributed by atoms with Gasteiger partial charge >= 0.3 is 0 Å². The van der Waals surface area contributed by atoms with Crippen LogP contribution < -0.4 is 10.1 Å². The molecular formula is C13H13BrClN3O. The van der Waals surface area contributed by atoms with Crippen LogP contribution in [0.1, 0.15) is 12.6 Å². The van der Waals surface area contributed by atoms with Gasteiger partial charge in [0.25, 0.3) is 0 Å². The normalized spacial score (nSPS) is 10.3. The van der Waals surface area contributed by atoms with E-state index in [-0.39, 0.29) is 0 Å².